The van der Waals surface area contributed by atoms with E-state index in [0.29, 0.717) is 12.3 Å². The third kappa shape index (κ3) is 2.39. The van der Waals surface area contributed by atoms with Crippen molar-refractivity contribution in [1.82, 2.24) is 5.16 Å². The Labute approximate surface area is 99.1 Å². The van der Waals surface area contributed by atoms with E-state index < -0.39 is 0 Å². The topological polar surface area (TPSA) is 70.5 Å². The molecule has 2 aromatic rings. The van der Waals surface area contributed by atoms with Gasteiger partial charge >= 0.3 is 0 Å². The largest absolute Gasteiger partial charge is 0.497 e. The van der Waals surface area contributed by atoms with Crippen molar-refractivity contribution >= 4 is 5.88 Å². The van der Waals surface area contributed by atoms with E-state index in [1.807, 2.05) is 18.2 Å². The lowest BCUT2D eigenvalue weighted by Gasteiger charge is -2.08. The summed E-state index contributed by atoms with van der Waals surface area (Å²) in [4.78, 5) is 0. The molecule has 2 rings (SSSR count). The molecule has 0 saturated heterocycles. The van der Waals surface area contributed by atoms with Gasteiger partial charge in [0.1, 0.15) is 11.4 Å². The third-order valence-electron chi connectivity index (χ3n) is 2.42. The average Bonchev–Trinajstić information content (AvgIpc) is 2.77. The van der Waals surface area contributed by atoms with Gasteiger partial charge in [0, 0.05) is 18.7 Å². The Morgan fingerprint density at radius 2 is 2.12 bits per heavy atom. The van der Waals surface area contributed by atoms with Crippen LogP contribution < -0.4 is 10.5 Å². The summed E-state index contributed by atoms with van der Waals surface area (Å²) in [5, 5.41) is 3.89. The fraction of sp³-hybridized carbons (Fsp3) is 0.250. The molecule has 90 valence electrons. The van der Waals surface area contributed by atoms with Crippen LogP contribution in [0, 0.1) is 0 Å². The lowest BCUT2D eigenvalue weighted by molar-refractivity contribution is 0.185. The monoisotopic (exact) mass is 234 g/mol. The summed E-state index contributed by atoms with van der Waals surface area (Å²) < 4.78 is 15.2. The zero-order valence-corrected chi connectivity index (χ0v) is 9.77. The maximum absolute atomic E-state index is 5.52. The molecule has 1 aromatic heterocycles. The first-order valence-corrected chi connectivity index (χ1v) is 5.13. The minimum Gasteiger partial charge on any atom is -0.497 e. The highest BCUT2D eigenvalue weighted by Crippen LogP contribution is 2.28. The number of benzene rings is 1. The van der Waals surface area contributed by atoms with E-state index in [1.165, 1.54) is 0 Å². The predicted molar refractivity (Wildman–Crippen MR) is 63.6 cm³/mol. The minimum absolute atomic E-state index is 0.284. The van der Waals surface area contributed by atoms with Crippen LogP contribution in [0.25, 0.3) is 11.3 Å². The quantitative estimate of drug-likeness (QED) is 0.876. The second-order valence-corrected chi connectivity index (χ2v) is 3.57. The lowest BCUT2D eigenvalue weighted by atomic mass is 10.0. The Balaban J connectivity index is 2.48. The highest BCUT2D eigenvalue weighted by atomic mass is 16.5. The number of ether oxygens (including phenoxy) is 2. The van der Waals surface area contributed by atoms with Gasteiger partial charge in [0.2, 0.25) is 5.88 Å². The predicted octanol–water partition coefficient (Wildman–Crippen LogP) is 2.08. The molecule has 0 saturated carbocycles. The van der Waals surface area contributed by atoms with Crippen molar-refractivity contribution in [3.05, 3.63) is 29.8 Å². The molecule has 0 fully saturated rings. The summed E-state index contributed by atoms with van der Waals surface area (Å²) in [5.41, 5.74) is 8.09. The molecule has 5 nitrogen and oxygen atoms in total. The van der Waals surface area contributed by atoms with Crippen LogP contribution in [-0.4, -0.2) is 19.4 Å². The lowest BCUT2D eigenvalue weighted by Crippen LogP contribution is -1.94. The number of aromatic nitrogens is 1. The summed E-state index contributed by atoms with van der Waals surface area (Å²) in [5.74, 6) is 1.03. The molecule has 0 atom stereocenters. The second kappa shape index (κ2) is 4.88. The summed E-state index contributed by atoms with van der Waals surface area (Å²) in [6.07, 6.45) is 0. The van der Waals surface area contributed by atoms with Crippen LogP contribution in [0.5, 0.6) is 5.75 Å². The van der Waals surface area contributed by atoms with Crippen LogP contribution in [0.1, 0.15) is 5.56 Å². The molecule has 0 aliphatic carbocycles. The first-order valence-electron chi connectivity index (χ1n) is 5.13. The molecule has 1 heterocycles. The average molecular weight is 234 g/mol. The van der Waals surface area contributed by atoms with E-state index in [9.17, 15) is 0 Å². The van der Waals surface area contributed by atoms with E-state index in [4.69, 9.17) is 19.7 Å². The molecule has 0 spiro atoms. The van der Waals surface area contributed by atoms with Gasteiger partial charge in [0.15, 0.2) is 0 Å². The van der Waals surface area contributed by atoms with E-state index in [0.717, 1.165) is 16.9 Å². The number of methoxy groups -OCH3 is 2. The molecule has 0 radical (unpaired) electrons. The van der Waals surface area contributed by atoms with Crippen LogP contribution in [0.2, 0.25) is 0 Å². The van der Waals surface area contributed by atoms with Gasteiger partial charge in [0.05, 0.1) is 13.7 Å². The highest BCUT2D eigenvalue weighted by Gasteiger charge is 2.11. The molecular formula is C12H14N2O3. The van der Waals surface area contributed by atoms with Crippen molar-refractivity contribution in [2.75, 3.05) is 20.0 Å². The maximum Gasteiger partial charge on any atom is 0.222 e. The summed E-state index contributed by atoms with van der Waals surface area (Å²) in [7, 11) is 3.26. The Hall–Kier alpha value is -2.01. The van der Waals surface area contributed by atoms with Crippen molar-refractivity contribution in [2.24, 2.45) is 0 Å². The van der Waals surface area contributed by atoms with Gasteiger partial charge in [-0.25, -0.2) is 0 Å². The van der Waals surface area contributed by atoms with Gasteiger partial charge in [-0.3, -0.25) is 0 Å². The van der Waals surface area contributed by atoms with Crippen molar-refractivity contribution in [1.29, 1.82) is 0 Å². The number of hydrogen-bond acceptors (Lipinski definition) is 5. The molecule has 1 aromatic carbocycles. The van der Waals surface area contributed by atoms with Crippen molar-refractivity contribution in [3.8, 4) is 17.0 Å². The van der Waals surface area contributed by atoms with E-state index >= 15 is 0 Å². The fourth-order valence-corrected chi connectivity index (χ4v) is 1.62. The number of anilines is 1. The molecule has 17 heavy (non-hydrogen) atoms. The maximum atomic E-state index is 5.52. The first-order chi connectivity index (χ1) is 8.24. The normalized spacial score (nSPS) is 10.5. The van der Waals surface area contributed by atoms with Crippen LogP contribution in [0.4, 0.5) is 5.88 Å². The van der Waals surface area contributed by atoms with E-state index in [-0.39, 0.29) is 5.88 Å². The van der Waals surface area contributed by atoms with Crippen LogP contribution >= 0.6 is 0 Å². The molecular weight excluding hydrogens is 220 g/mol. The molecule has 2 N–H and O–H groups in total. The third-order valence-corrected chi connectivity index (χ3v) is 2.42. The Morgan fingerprint density at radius 3 is 2.71 bits per heavy atom. The summed E-state index contributed by atoms with van der Waals surface area (Å²) >= 11 is 0. The number of rotatable bonds is 4. The van der Waals surface area contributed by atoms with Crippen molar-refractivity contribution in [3.63, 3.8) is 0 Å². The zero-order valence-electron chi connectivity index (χ0n) is 9.77. The Bertz CT molecular complexity index is 508. The molecule has 0 bridgehead atoms. The zero-order chi connectivity index (χ0) is 12.3. The Kier molecular flexibility index (Phi) is 3.30. The van der Waals surface area contributed by atoms with Crippen LogP contribution in [0.15, 0.2) is 28.8 Å². The van der Waals surface area contributed by atoms with Gasteiger partial charge in [0.25, 0.3) is 0 Å². The molecule has 0 aliphatic rings. The number of nitrogens with two attached hydrogens (primary N) is 1. The van der Waals surface area contributed by atoms with Gasteiger partial charge in [-0.15, -0.1) is 0 Å². The molecule has 0 aliphatic heterocycles. The first kappa shape index (κ1) is 11.5. The van der Waals surface area contributed by atoms with Gasteiger partial charge in [-0.2, -0.15) is 0 Å². The molecule has 5 heteroatoms. The number of nitrogens with zero attached hydrogens (tertiary/aromatic N) is 1. The van der Waals surface area contributed by atoms with E-state index in [2.05, 4.69) is 5.16 Å². The number of nitrogen functional groups attached to an aromatic ring is 1. The minimum atomic E-state index is 0.284. The fourth-order valence-electron chi connectivity index (χ4n) is 1.62. The standard InChI is InChI=1S/C12H14N2O3/c1-15-7-8-3-4-9(16-2)5-10(8)11-6-12(13)17-14-11/h3-6H,7,13H2,1-2H3. The molecule has 0 amide bonds. The van der Waals surface area contributed by atoms with Gasteiger partial charge in [-0.05, 0) is 17.7 Å². The van der Waals surface area contributed by atoms with Crippen LogP contribution in [0.3, 0.4) is 0 Å². The van der Waals surface area contributed by atoms with Crippen molar-refractivity contribution < 1.29 is 14.0 Å². The SMILES string of the molecule is COCc1ccc(OC)cc1-c1cc(N)on1. The van der Waals surface area contributed by atoms with Gasteiger partial charge < -0.3 is 19.7 Å². The van der Waals surface area contributed by atoms with Crippen LogP contribution in [-0.2, 0) is 11.3 Å². The smallest absolute Gasteiger partial charge is 0.222 e. The molecule has 0 unspecified atom stereocenters. The highest BCUT2D eigenvalue weighted by molar-refractivity contribution is 5.67. The van der Waals surface area contributed by atoms with E-state index in [1.54, 1.807) is 20.3 Å². The summed E-state index contributed by atoms with van der Waals surface area (Å²) in [6, 6.07) is 7.36. The van der Waals surface area contributed by atoms with Gasteiger partial charge in [-0.1, -0.05) is 11.2 Å². The Morgan fingerprint density at radius 1 is 1.29 bits per heavy atom. The second-order valence-electron chi connectivity index (χ2n) is 3.57. The van der Waals surface area contributed by atoms with Crippen molar-refractivity contribution in [2.45, 2.75) is 6.61 Å². The number of hydrogen-bond donors (Lipinski definition) is 1. The summed E-state index contributed by atoms with van der Waals surface area (Å²) in [6.45, 7) is 0.492.